The first-order valence-electron chi connectivity index (χ1n) is 5.21. The quantitative estimate of drug-likeness (QED) is 0.681. The van der Waals surface area contributed by atoms with E-state index in [-0.39, 0.29) is 24.8 Å². The number of rotatable bonds is 5. The number of carbonyl (C=O) groups is 1. The van der Waals surface area contributed by atoms with E-state index in [1.54, 1.807) is 0 Å². The number of halogens is 2. The summed E-state index contributed by atoms with van der Waals surface area (Å²) >= 11 is 0. The highest BCUT2D eigenvalue weighted by Gasteiger charge is 2.11. The molecule has 4 nitrogen and oxygen atoms in total. The predicted molar refractivity (Wildman–Crippen MR) is 57.4 cm³/mol. The molecule has 0 aromatic rings. The van der Waals surface area contributed by atoms with E-state index >= 15 is 0 Å². The zero-order valence-electron chi connectivity index (χ0n) is 11.3. The van der Waals surface area contributed by atoms with Gasteiger partial charge in [0.1, 0.15) is 6.04 Å². The first kappa shape index (κ1) is 9.52. The van der Waals surface area contributed by atoms with Crippen molar-refractivity contribution in [2.75, 3.05) is 13.7 Å². The van der Waals surface area contributed by atoms with E-state index < -0.39 is 37.7 Å². The van der Waals surface area contributed by atoms with Gasteiger partial charge in [-0.05, 0) is 19.3 Å². The van der Waals surface area contributed by atoms with Crippen LogP contribution in [0.15, 0.2) is 0 Å². The molecule has 0 amide bonds. The fraction of sp³-hybridized carbons (Fsp3) is 0.857. The van der Waals surface area contributed by atoms with E-state index in [0.29, 0.717) is 0 Å². The average Bonchev–Trinajstić information content (AvgIpc) is 2.15. The first-order chi connectivity index (χ1) is 6.68. The molecule has 0 saturated heterocycles. The second-order valence-corrected chi connectivity index (χ2v) is 1.89. The summed E-state index contributed by atoms with van der Waals surface area (Å²) in [6, 6.07) is -1.19. The standard InChI is InChI=1S/C7H16N2O2.2ClH/c1-11-7(10)6(9)4-2-3-5-8;;/h6H,2-5,8-9H2,1H3;2*1H/t6-;;/m0../s1/i2D2,3D2;;. The lowest BCUT2D eigenvalue weighted by Gasteiger charge is -2.07. The van der Waals surface area contributed by atoms with Crippen LogP contribution in [-0.4, -0.2) is 25.7 Å². The third kappa shape index (κ3) is 9.89. The number of nitrogens with two attached hydrogens (primary N) is 2. The average molecular weight is 237 g/mol. The van der Waals surface area contributed by atoms with Crippen LogP contribution in [0.3, 0.4) is 0 Å². The Kier molecular flexibility index (Phi) is 8.77. The van der Waals surface area contributed by atoms with Gasteiger partial charge in [-0.1, -0.05) is 6.37 Å². The Morgan fingerprint density at radius 1 is 1.54 bits per heavy atom. The highest BCUT2D eigenvalue weighted by molar-refractivity contribution is 5.85. The molecule has 0 fully saturated rings. The van der Waals surface area contributed by atoms with Gasteiger partial charge in [0, 0.05) is 5.48 Å². The van der Waals surface area contributed by atoms with Crippen LogP contribution in [-0.2, 0) is 9.53 Å². The van der Waals surface area contributed by atoms with Crippen LogP contribution >= 0.6 is 24.8 Å². The maximum absolute atomic E-state index is 10.9. The van der Waals surface area contributed by atoms with Gasteiger partial charge in [-0.3, -0.25) is 4.79 Å². The molecule has 0 saturated carbocycles. The molecule has 0 aliphatic heterocycles. The maximum Gasteiger partial charge on any atom is 0.322 e. The van der Waals surface area contributed by atoms with Crippen LogP contribution in [0.4, 0.5) is 0 Å². The van der Waals surface area contributed by atoms with Gasteiger partial charge in [0.05, 0.1) is 7.11 Å². The summed E-state index contributed by atoms with van der Waals surface area (Å²) in [6.45, 7) is -0.478. The number of hydrogen-bond acceptors (Lipinski definition) is 4. The lowest BCUT2D eigenvalue weighted by Crippen LogP contribution is -2.31. The number of esters is 1. The van der Waals surface area contributed by atoms with Crippen LogP contribution in [0.2, 0.25) is 0 Å². The van der Waals surface area contributed by atoms with Crippen molar-refractivity contribution < 1.29 is 15.0 Å². The minimum atomic E-state index is -2.27. The Hall–Kier alpha value is -0.0300. The van der Waals surface area contributed by atoms with Crippen LogP contribution in [0.5, 0.6) is 0 Å². The molecule has 0 aromatic heterocycles. The van der Waals surface area contributed by atoms with E-state index in [2.05, 4.69) is 4.74 Å². The Morgan fingerprint density at radius 3 is 2.46 bits per heavy atom. The number of carbonyl (C=O) groups excluding carboxylic acids is 1. The van der Waals surface area contributed by atoms with E-state index in [0.717, 1.165) is 7.11 Å². The SMILES string of the molecule is Cl.Cl.[2H]C([2H])(CN)C([2H])([2H])C[C@H](N)C(=O)OC. The maximum atomic E-state index is 10.9. The van der Waals surface area contributed by atoms with Crippen molar-refractivity contribution in [3.8, 4) is 0 Å². The second kappa shape index (κ2) is 12.0. The van der Waals surface area contributed by atoms with Crippen molar-refractivity contribution in [1.29, 1.82) is 0 Å². The predicted octanol–water partition coefficient (Wildman–Crippen LogP) is 0.459. The molecule has 0 heterocycles. The summed E-state index contributed by atoms with van der Waals surface area (Å²) in [5.74, 6) is -0.772. The van der Waals surface area contributed by atoms with Gasteiger partial charge < -0.3 is 16.2 Å². The molecular formula is C7H18Cl2N2O2. The minimum absolute atomic E-state index is 0. The van der Waals surface area contributed by atoms with Crippen molar-refractivity contribution in [2.45, 2.75) is 25.2 Å². The fourth-order valence-electron chi connectivity index (χ4n) is 0.489. The molecule has 6 heteroatoms. The van der Waals surface area contributed by atoms with Crippen LogP contribution in [0, 0.1) is 0 Å². The summed E-state index contributed by atoms with van der Waals surface area (Å²) in [6.07, 6.45) is -4.96. The highest BCUT2D eigenvalue weighted by atomic mass is 35.5. The molecular weight excluding hydrogens is 215 g/mol. The summed E-state index contributed by atoms with van der Waals surface area (Å²) in [7, 11) is 1.13. The Bertz CT molecular complexity index is 244. The van der Waals surface area contributed by atoms with Crippen molar-refractivity contribution in [3.05, 3.63) is 0 Å². The van der Waals surface area contributed by atoms with Crippen molar-refractivity contribution in [3.63, 3.8) is 0 Å². The van der Waals surface area contributed by atoms with Gasteiger partial charge in [-0.2, -0.15) is 0 Å². The van der Waals surface area contributed by atoms with Crippen LogP contribution in [0.25, 0.3) is 0 Å². The molecule has 0 aliphatic rings. The van der Waals surface area contributed by atoms with Crippen LogP contribution < -0.4 is 11.5 Å². The third-order valence-corrected chi connectivity index (χ3v) is 1.05. The topological polar surface area (TPSA) is 78.3 Å². The Morgan fingerprint density at radius 2 is 2.08 bits per heavy atom. The molecule has 0 aromatic carbocycles. The van der Waals surface area contributed by atoms with E-state index in [4.69, 9.17) is 17.0 Å². The van der Waals surface area contributed by atoms with Crippen molar-refractivity contribution in [1.82, 2.24) is 0 Å². The zero-order chi connectivity index (χ0) is 12.3. The van der Waals surface area contributed by atoms with Crippen LogP contribution in [0.1, 0.15) is 24.6 Å². The summed E-state index contributed by atoms with van der Waals surface area (Å²) < 4.78 is 33.9. The van der Waals surface area contributed by atoms with Gasteiger partial charge in [0.25, 0.3) is 0 Å². The molecule has 13 heavy (non-hydrogen) atoms. The Balaban J connectivity index is -0.000000980. The van der Waals surface area contributed by atoms with E-state index in [1.807, 2.05) is 0 Å². The van der Waals surface area contributed by atoms with Gasteiger partial charge in [-0.15, -0.1) is 24.8 Å². The molecule has 82 valence electrons. The minimum Gasteiger partial charge on any atom is -0.468 e. The van der Waals surface area contributed by atoms with Crippen molar-refractivity contribution >= 4 is 30.8 Å². The molecule has 1 atom stereocenters. The van der Waals surface area contributed by atoms with E-state index in [1.165, 1.54) is 0 Å². The lowest BCUT2D eigenvalue weighted by atomic mass is 10.1. The summed E-state index contributed by atoms with van der Waals surface area (Å²) in [4.78, 5) is 10.9. The Labute approximate surface area is 96.8 Å². The third-order valence-electron chi connectivity index (χ3n) is 1.05. The molecule has 0 bridgehead atoms. The smallest absolute Gasteiger partial charge is 0.322 e. The highest BCUT2D eigenvalue weighted by Crippen LogP contribution is 1.98. The normalized spacial score (nSPS) is 17.5. The van der Waals surface area contributed by atoms with Gasteiger partial charge in [-0.25, -0.2) is 0 Å². The summed E-state index contributed by atoms with van der Waals surface area (Å²) in [5, 5.41) is 0. The largest absolute Gasteiger partial charge is 0.468 e. The summed E-state index contributed by atoms with van der Waals surface area (Å²) in [5.41, 5.74) is 10.4. The van der Waals surface area contributed by atoms with Gasteiger partial charge in [0.15, 0.2) is 0 Å². The molecule has 0 unspecified atom stereocenters. The molecule has 0 aliphatic carbocycles. The fourth-order valence-corrected chi connectivity index (χ4v) is 0.489. The molecule has 4 N–H and O–H groups in total. The monoisotopic (exact) mass is 236 g/mol. The molecule has 0 rings (SSSR count). The molecule has 0 radical (unpaired) electrons. The molecule has 0 spiro atoms. The first-order valence-corrected chi connectivity index (χ1v) is 3.21. The van der Waals surface area contributed by atoms with Crippen molar-refractivity contribution in [2.24, 2.45) is 11.5 Å². The van der Waals surface area contributed by atoms with E-state index in [9.17, 15) is 4.79 Å². The zero-order valence-corrected chi connectivity index (χ0v) is 8.91. The van der Waals surface area contributed by atoms with Gasteiger partial charge in [0.2, 0.25) is 0 Å². The number of hydrogen-bond donors (Lipinski definition) is 2. The van der Waals surface area contributed by atoms with Gasteiger partial charge >= 0.3 is 5.97 Å². The lowest BCUT2D eigenvalue weighted by molar-refractivity contribution is -0.142. The number of ether oxygens (including phenoxy) is 1. The number of methoxy groups -OCH3 is 1. The second-order valence-electron chi connectivity index (χ2n) is 1.89.